The summed E-state index contributed by atoms with van der Waals surface area (Å²) >= 11 is 0. The smallest absolute Gasteiger partial charge is 0.253 e. The first-order valence-electron chi connectivity index (χ1n) is 6.98. The zero-order chi connectivity index (χ0) is 15.2. The van der Waals surface area contributed by atoms with E-state index >= 15 is 0 Å². The van der Waals surface area contributed by atoms with Crippen molar-refractivity contribution in [2.45, 2.75) is 0 Å². The number of carbonyl (C=O) groups excluding carboxylic acids is 2. The zero-order valence-electron chi connectivity index (χ0n) is 12.5. The van der Waals surface area contributed by atoms with Gasteiger partial charge in [-0.3, -0.25) is 14.5 Å². The van der Waals surface area contributed by atoms with Gasteiger partial charge in [-0.25, -0.2) is 0 Å². The first-order chi connectivity index (χ1) is 10.1. The van der Waals surface area contributed by atoms with Gasteiger partial charge < -0.3 is 15.0 Å². The maximum atomic E-state index is 12.0. The maximum absolute atomic E-state index is 12.0. The van der Waals surface area contributed by atoms with Crippen molar-refractivity contribution in [2.24, 2.45) is 0 Å². The molecule has 0 bridgehead atoms. The van der Waals surface area contributed by atoms with E-state index < -0.39 is 0 Å². The monoisotopic (exact) mass is 291 g/mol. The van der Waals surface area contributed by atoms with E-state index in [0.717, 1.165) is 13.1 Å². The summed E-state index contributed by atoms with van der Waals surface area (Å²) in [6, 6.07) is 6.98. The van der Waals surface area contributed by atoms with Gasteiger partial charge in [0, 0.05) is 38.4 Å². The summed E-state index contributed by atoms with van der Waals surface area (Å²) < 4.78 is 5.25. The molecule has 6 heteroatoms. The summed E-state index contributed by atoms with van der Waals surface area (Å²) in [6.07, 6.45) is 0. The molecular formula is C15H21N3O3. The number of morpholine rings is 1. The molecule has 1 N–H and O–H groups in total. The Hall–Kier alpha value is -1.92. The van der Waals surface area contributed by atoms with Crippen molar-refractivity contribution in [2.75, 3.05) is 52.3 Å². The largest absolute Gasteiger partial charge is 0.379 e. The number of benzene rings is 1. The van der Waals surface area contributed by atoms with Gasteiger partial charge in [0.05, 0.1) is 19.8 Å². The maximum Gasteiger partial charge on any atom is 0.253 e. The molecule has 1 aliphatic rings. The van der Waals surface area contributed by atoms with Crippen molar-refractivity contribution < 1.29 is 14.3 Å². The highest BCUT2D eigenvalue weighted by Crippen LogP contribution is 2.12. The predicted molar refractivity (Wildman–Crippen MR) is 80.3 cm³/mol. The Labute approximate surface area is 124 Å². The highest BCUT2D eigenvalue weighted by atomic mass is 16.5. The van der Waals surface area contributed by atoms with E-state index in [1.165, 1.54) is 4.90 Å². The van der Waals surface area contributed by atoms with Crippen molar-refractivity contribution in [1.82, 2.24) is 9.80 Å². The second-order valence-corrected chi connectivity index (χ2v) is 5.22. The van der Waals surface area contributed by atoms with Crippen LogP contribution >= 0.6 is 0 Å². The van der Waals surface area contributed by atoms with Crippen LogP contribution in [0.1, 0.15) is 10.4 Å². The summed E-state index contributed by atoms with van der Waals surface area (Å²) in [4.78, 5) is 27.5. The number of amides is 2. The van der Waals surface area contributed by atoms with E-state index in [4.69, 9.17) is 4.74 Å². The van der Waals surface area contributed by atoms with Gasteiger partial charge in [-0.2, -0.15) is 0 Å². The van der Waals surface area contributed by atoms with Crippen LogP contribution < -0.4 is 5.32 Å². The van der Waals surface area contributed by atoms with E-state index in [-0.39, 0.29) is 11.8 Å². The number of anilines is 1. The third-order valence-electron chi connectivity index (χ3n) is 3.27. The van der Waals surface area contributed by atoms with E-state index in [1.807, 2.05) is 4.90 Å². The number of rotatable bonds is 4. The van der Waals surface area contributed by atoms with E-state index in [0.29, 0.717) is 31.0 Å². The van der Waals surface area contributed by atoms with Crippen LogP contribution in [0.15, 0.2) is 24.3 Å². The Morgan fingerprint density at radius 3 is 2.67 bits per heavy atom. The topological polar surface area (TPSA) is 61.9 Å². The van der Waals surface area contributed by atoms with Gasteiger partial charge in [0.1, 0.15) is 0 Å². The van der Waals surface area contributed by atoms with Crippen molar-refractivity contribution >= 4 is 17.5 Å². The number of ether oxygens (including phenoxy) is 1. The van der Waals surface area contributed by atoms with Crippen LogP contribution in [0, 0.1) is 0 Å². The fourth-order valence-corrected chi connectivity index (χ4v) is 2.15. The molecule has 0 radical (unpaired) electrons. The van der Waals surface area contributed by atoms with Crippen LogP contribution in [0.25, 0.3) is 0 Å². The van der Waals surface area contributed by atoms with Crippen molar-refractivity contribution in [3.05, 3.63) is 29.8 Å². The number of nitrogens with one attached hydrogen (secondary N) is 1. The average molecular weight is 291 g/mol. The number of carbonyl (C=O) groups is 2. The molecule has 0 saturated carbocycles. The van der Waals surface area contributed by atoms with Crippen LogP contribution in [0.3, 0.4) is 0 Å². The first kappa shape index (κ1) is 15.5. The van der Waals surface area contributed by atoms with Gasteiger partial charge in [-0.05, 0) is 18.2 Å². The predicted octanol–water partition coefficient (Wildman–Crippen LogP) is 0.659. The fourth-order valence-electron chi connectivity index (χ4n) is 2.15. The summed E-state index contributed by atoms with van der Waals surface area (Å²) in [5.41, 5.74) is 1.20. The van der Waals surface area contributed by atoms with E-state index in [1.54, 1.807) is 38.4 Å². The molecule has 1 heterocycles. The van der Waals surface area contributed by atoms with Gasteiger partial charge in [0.25, 0.3) is 5.91 Å². The summed E-state index contributed by atoms with van der Waals surface area (Å²) in [5.74, 6) is -0.161. The SMILES string of the molecule is CN(C)C(=O)c1cccc(NC(=O)CN2CCOCC2)c1. The quantitative estimate of drug-likeness (QED) is 0.885. The third kappa shape index (κ3) is 4.54. The van der Waals surface area contributed by atoms with Gasteiger partial charge in [0.2, 0.25) is 5.91 Å². The molecule has 1 aromatic rings. The molecular weight excluding hydrogens is 270 g/mol. The van der Waals surface area contributed by atoms with Gasteiger partial charge >= 0.3 is 0 Å². The molecule has 1 fully saturated rings. The minimum absolute atomic E-state index is 0.0775. The molecule has 0 aromatic heterocycles. The molecule has 1 aromatic carbocycles. The van der Waals surface area contributed by atoms with Gasteiger partial charge in [-0.15, -0.1) is 0 Å². The Balaban J connectivity index is 1.94. The molecule has 1 saturated heterocycles. The van der Waals surface area contributed by atoms with Crippen LogP contribution in [-0.2, 0) is 9.53 Å². The summed E-state index contributed by atoms with van der Waals surface area (Å²) in [6.45, 7) is 3.22. The lowest BCUT2D eigenvalue weighted by molar-refractivity contribution is -0.118. The second-order valence-electron chi connectivity index (χ2n) is 5.22. The Morgan fingerprint density at radius 1 is 1.29 bits per heavy atom. The molecule has 0 unspecified atom stereocenters. The Bertz CT molecular complexity index is 511. The summed E-state index contributed by atoms with van der Waals surface area (Å²) in [7, 11) is 3.40. The average Bonchev–Trinajstić information content (AvgIpc) is 2.47. The van der Waals surface area contributed by atoms with Crippen molar-refractivity contribution in [3.63, 3.8) is 0 Å². The molecule has 0 atom stereocenters. The molecule has 1 aliphatic heterocycles. The minimum atomic E-state index is -0.0840. The number of nitrogens with zero attached hydrogens (tertiary/aromatic N) is 2. The number of hydrogen-bond acceptors (Lipinski definition) is 4. The molecule has 21 heavy (non-hydrogen) atoms. The molecule has 0 aliphatic carbocycles. The van der Waals surface area contributed by atoms with Crippen LogP contribution in [0.4, 0.5) is 5.69 Å². The highest BCUT2D eigenvalue weighted by Gasteiger charge is 2.15. The van der Waals surface area contributed by atoms with Gasteiger partial charge in [-0.1, -0.05) is 6.07 Å². The molecule has 6 nitrogen and oxygen atoms in total. The lowest BCUT2D eigenvalue weighted by Gasteiger charge is -2.25. The zero-order valence-corrected chi connectivity index (χ0v) is 12.5. The van der Waals surface area contributed by atoms with E-state index in [2.05, 4.69) is 5.32 Å². The second kappa shape index (κ2) is 7.19. The Morgan fingerprint density at radius 2 is 2.00 bits per heavy atom. The summed E-state index contributed by atoms with van der Waals surface area (Å²) in [5, 5.41) is 2.83. The lowest BCUT2D eigenvalue weighted by atomic mass is 10.2. The third-order valence-corrected chi connectivity index (χ3v) is 3.27. The molecule has 2 amide bonds. The van der Waals surface area contributed by atoms with Gasteiger partial charge in [0.15, 0.2) is 0 Å². The highest BCUT2D eigenvalue weighted by molar-refractivity contribution is 5.97. The Kier molecular flexibility index (Phi) is 5.30. The number of hydrogen-bond donors (Lipinski definition) is 1. The van der Waals surface area contributed by atoms with E-state index in [9.17, 15) is 9.59 Å². The molecule has 0 spiro atoms. The standard InChI is InChI=1S/C15H21N3O3/c1-17(2)15(20)12-4-3-5-13(10-12)16-14(19)11-18-6-8-21-9-7-18/h3-5,10H,6-9,11H2,1-2H3,(H,16,19). The minimum Gasteiger partial charge on any atom is -0.379 e. The molecule has 2 rings (SSSR count). The normalized spacial score (nSPS) is 15.5. The first-order valence-corrected chi connectivity index (χ1v) is 6.98. The van der Waals surface area contributed by atoms with Crippen LogP contribution in [0.2, 0.25) is 0 Å². The fraction of sp³-hybridized carbons (Fsp3) is 0.467. The van der Waals surface area contributed by atoms with Crippen LogP contribution in [-0.4, -0.2) is 68.6 Å². The van der Waals surface area contributed by atoms with Crippen molar-refractivity contribution in [3.8, 4) is 0 Å². The van der Waals surface area contributed by atoms with Crippen LogP contribution in [0.5, 0.6) is 0 Å². The lowest BCUT2D eigenvalue weighted by Crippen LogP contribution is -2.41. The van der Waals surface area contributed by atoms with Crippen molar-refractivity contribution in [1.29, 1.82) is 0 Å². The molecule has 114 valence electrons.